The number of nitrogens with one attached hydrogen (secondary N) is 2. The van der Waals surface area contributed by atoms with Gasteiger partial charge in [0.15, 0.2) is 10.9 Å². The fraction of sp³-hybridized carbons (Fsp3) is 0.130. The van der Waals surface area contributed by atoms with Crippen molar-refractivity contribution in [3.8, 4) is 5.69 Å². The van der Waals surface area contributed by atoms with Gasteiger partial charge in [-0.3, -0.25) is 29.8 Å². The Morgan fingerprint density at radius 2 is 1.84 bits per heavy atom. The molecule has 2 aromatic carbocycles. The second-order valence-corrected chi connectivity index (χ2v) is 7.98. The van der Waals surface area contributed by atoms with Gasteiger partial charge in [-0.25, -0.2) is 4.98 Å². The molecule has 2 amide bonds. The number of carbonyl (C=O) groups is 2. The molecular weight excluding hydrogens is 428 g/mol. The fourth-order valence-corrected chi connectivity index (χ4v) is 3.97. The number of fused-ring (bicyclic) bond motifs is 1. The van der Waals surface area contributed by atoms with Crippen molar-refractivity contribution in [1.29, 1.82) is 0 Å². The summed E-state index contributed by atoms with van der Waals surface area (Å²) in [6.07, 6.45) is 1.37. The molecule has 162 valence electrons. The van der Waals surface area contributed by atoms with Gasteiger partial charge < -0.3 is 4.42 Å². The van der Waals surface area contributed by atoms with Gasteiger partial charge >= 0.3 is 5.91 Å². The van der Waals surface area contributed by atoms with Gasteiger partial charge in [0.1, 0.15) is 0 Å². The van der Waals surface area contributed by atoms with E-state index in [0.717, 1.165) is 22.9 Å². The molecule has 0 spiro atoms. The molecule has 0 saturated heterocycles. The first-order chi connectivity index (χ1) is 15.5. The minimum atomic E-state index is -0.565. The third-order valence-corrected chi connectivity index (χ3v) is 5.89. The summed E-state index contributed by atoms with van der Waals surface area (Å²) in [5.41, 5.74) is 7.66. The number of amides is 2. The Hall–Kier alpha value is -3.85. The molecule has 2 aromatic heterocycles. The number of aromatic nitrogens is 2. The van der Waals surface area contributed by atoms with E-state index in [4.69, 9.17) is 4.42 Å². The fourth-order valence-electron chi connectivity index (χ4n) is 3.16. The number of carbonyl (C=O) groups excluding carboxylic acids is 2. The highest BCUT2D eigenvalue weighted by atomic mass is 32.2. The number of benzene rings is 2. The van der Waals surface area contributed by atoms with Gasteiger partial charge in [0, 0.05) is 0 Å². The molecule has 0 bridgehead atoms. The summed E-state index contributed by atoms with van der Waals surface area (Å²) in [5, 5.41) is 0.878. The van der Waals surface area contributed by atoms with Crippen molar-refractivity contribution in [3.05, 3.63) is 88.1 Å². The van der Waals surface area contributed by atoms with Crippen LogP contribution >= 0.6 is 11.8 Å². The van der Waals surface area contributed by atoms with Gasteiger partial charge in [-0.05, 0) is 55.3 Å². The number of hydrogen-bond acceptors (Lipinski definition) is 6. The highest BCUT2D eigenvalue weighted by molar-refractivity contribution is 7.99. The number of nitrogens with zero attached hydrogens (tertiary/aromatic N) is 2. The maximum atomic E-state index is 13.3. The molecule has 0 unspecified atom stereocenters. The van der Waals surface area contributed by atoms with E-state index in [1.165, 1.54) is 16.9 Å². The van der Waals surface area contributed by atoms with Crippen LogP contribution in [0.4, 0.5) is 0 Å². The summed E-state index contributed by atoms with van der Waals surface area (Å²) < 4.78 is 6.51. The summed E-state index contributed by atoms with van der Waals surface area (Å²) in [5.74, 6) is -0.999. The Kier molecular flexibility index (Phi) is 6.09. The van der Waals surface area contributed by atoms with E-state index in [0.29, 0.717) is 21.7 Å². The van der Waals surface area contributed by atoms with Crippen molar-refractivity contribution in [2.75, 3.05) is 5.75 Å². The normalized spacial score (nSPS) is 10.8. The number of para-hydroxylation sites is 1. The minimum absolute atomic E-state index is 0.0614. The van der Waals surface area contributed by atoms with Gasteiger partial charge in [-0.1, -0.05) is 36.0 Å². The second-order valence-electron chi connectivity index (χ2n) is 7.04. The molecule has 0 radical (unpaired) electrons. The summed E-state index contributed by atoms with van der Waals surface area (Å²) in [6.45, 7) is 3.91. The predicted octanol–water partition coefficient (Wildman–Crippen LogP) is 3.15. The van der Waals surface area contributed by atoms with Crippen LogP contribution in [0.3, 0.4) is 0 Å². The van der Waals surface area contributed by atoms with E-state index in [9.17, 15) is 14.4 Å². The van der Waals surface area contributed by atoms with Gasteiger partial charge in [-0.2, -0.15) is 0 Å². The first-order valence-corrected chi connectivity index (χ1v) is 10.8. The second kappa shape index (κ2) is 9.11. The quantitative estimate of drug-likeness (QED) is 0.276. The molecule has 0 aliphatic rings. The van der Waals surface area contributed by atoms with Crippen LogP contribution in [0.2, 0.25) is 0 Å². The number of hydrazine groups is 1. The lowest BCUT2D eigenvalue weighted by Gasteiger charge is -2.16. The Morgan fingerprint density at radius 3 is 2.62 bits per heavy atom. The van der Waals surface area contributed by atoms with Crippen LogP contribution in [0, 0.1) is 13.8 Å². The number of furan rings is 1. The maximum Gasteiger partial charge on any atom is 0.305 e. The van der Waals surface area contributed by atoms with Gasteiger partial charge in [0.05, 0.1) is 28.6 Å². The third kappa shape index (κ3) is 4.28. The number of hydrogen-bond donors (Lipinski definition) is 2. The van der Waals surface area contributed by atoms with E-state index < -0.39 is 11.8 Å². The van der Waals surface area contributed by atoms with E-state index in [2.05, 4.69) is 15.8 Å². The molecule has 0 atom stereocenters. The summed E-state index contributed by atoms with van der Waals surface area (Å²) in [6, 6.07) is 15.9. The average molecular weight is 449 g/mol. The van der Waals surface area contributed by atoms with E-state index >= 15 is 0 Å². The molecule has 4 aromatic rings. The molecule has 0 saturated carbocycles. The van der Waals surface area contributed by atoms with Gasteiger partial charge in [-0.15, -0.1) is 0 Å². The summed E-state index contributed by atoms with van der Waals surface area (Å²) >= 11 is 1.11. The van der Waals surface area contributed by atoms with Crippen LogP contribution in [-0.2, 0) is 4.79 Å². The Bertz CT molecular complexity index is 1360. The summed E-state index contributed by atoms with van der Waals surface area (Å²) in [4.78, 5) is 42.2. The van der Waals surface area contributed by atoms with Crippen LogP contribution in [-0.4, -0.2) is 27.1 Å². The molecule has 2 N–H and O–H groups in total. The minimum Gasteiger partial charge on any atom is -0.459 e. The maximum absolute atomic E-state index is 13.3. The largest absolute Gasteiger partial charge is 0.459 e. The van der Waals surface area contributed by atoms with Crippen molar-refractivity contribution in [1.82, 2.24) is 20.4 Å². The van der Waals surface area contributed by atoms with Gasteiger partial charge in [0.25, 0.3) is 5.56 Å². The first kappa shape index (κ1) is 21.4. The van der Waals surface area contributed by atoms with Crippen LogP contribution in [0.1, 0.15) is 21.7 Å². The molecule has 8 nitrogen and oxygen atoms in total. The highest BCUT2D eigenvalue weighted by Gasteiger charge is 2.17. The van der Waals surface area contributed by atoms with E-state index in [1.54, 1.807) is 24.3 Å². The van der Waals surface area contributed by atoms with Crippen molar-refractivity contribution in [2.24, 2.45) is 0 Å². The topological polar surface area (TPSA) is 106 Å². The lowest BCUT2D eigenvalue weighted by molar-refractivity contribution is -0.119. The molecule has 0 aliphatic heterocycles. The standard InChI is InChI=1S/C23H20N4O4S/c1-14-7-5-10-18(15(14)2)27-22(30)16-8-3-4-9-17(16)24-23(27)32-13-20(28)25-26-21(29)19-11-6-12-31-19/h3-12H,13H2,1-2H3,(H,25,28)(H,26,29). The predicted molar refractivity (Wildman–Crippen MR) is 122 cm³/mol. The molecule has 0 aliphatic carbocycles. The smallest absolute Gasteiger partial charge is 0.305 e. The van der Waals surface area contributed by atoms with E-state index in [1.807, 2.05) is 38.1 Å². The zero-order valence-electron chi connectivity index (χ0n) is 17.4. The monoisotopic (exact) mass is 448 g/mol. The lowest BCUT2D eigenvalue weighted by atomic mass is 10.1. The molecule has 4 rings (SSSR count). The summed E-state index contributed by atoms with van der Waals surface area (Å²) in [7, 11) is 0. The molecule has 9 heteroatoms. The van der Waals surface area contributed by atoms with Crippen molar-refractivity contribution >= 4 is 34.5 Å². The van der Waals surface area contributed by atoms with E-state index in [-0.39, 0.29) is 17.1 Å². The highest BCUT2D eigenvalue weighted by Crippen LogP contribution is 2.24. The number of rotatable bonds is 5. The van der Waals surface area contributed by atoms with Crippen molar-refractivity contribution in [2.45, 2.75) is 19.0 Å². The van der Waals surface area contributed by atoms with Gasteiger partial charge in [0.2, 0.25) is 5.91 Å². The number of aryl methyl sites for hydroxylation is 1. The van der Waals surface area contributed by atoms with Crippen LogP contribution in [0.25, 0.3) is 16.6 Å². The van der Waals surface area contributed by atoms with Crippen molar-refractivity contribution in [3.63, 3.8) is 0 Å². The third-order valence-electron chi connectivity index (χ3n) is 4.95. The van der Waals surface area contributed by atoms with Crippen LogP contribution in [0.15, 0.2) is 75.2 Å². The Morgan fingerprint density at radius 1 is 1.03 bits per heavy atom. The molecular formula is C23H20N4O4S. The molecule has 32 heavy (non-hydrogen) atoms. The average Bonchev–Trinajstić information content (AvgIpc) is 3.34. The Labute approximate surface area is 187 Å². The zero-order valence-corrected chi connectivity index (χ0v) is 18.2. The zero-order chi connectivity index (χ0) is 22.7. The van der Waals surface area contributed by atoms with Crippen LogP contribution in [0.5, 0.6) is 0 Å². The first-order valence-electron chi connectivity index (χ1n) is 9.79. The van der Waals surface area contributed by atoms with Crippen LogP contribution < -0.4 is 16.4 Å². The van der Waals surface area contributed by atoms with Crippen molar-refractivity contribution < 1.29 is 14.0 Å². The lowest BCUT2D eigenvalue weighted by Crippen LogP contribution is -2.42. The Balaban J connectivity index is 1.61. The SMILES string of the molecule is Cc1cccc(-n2c(SCC(=O)NNC(=O)c3ccco3)nc3ccccc3c2=O)c1C. The molecule has 0 fully saturated rings. The molecule has 2 heterocycles. The number of thioether (sulfide) groups is 1.